The van der Waals surface area contributed by atoms with E-state index in [9.17, 15) is 5.26 Å². The molecular weight excluding hydrogens is 224 g/mol. The van der Waals surface area contributed by atoms with Crippen molar-refractivity contribution in [1.29, 1.82) is 5.26 Å². The molecule has 0 aromatic carbocycles. The number of unbranched alkanes of at least 4 members (excludes halogenated alkanes) is 1. The Bertz CT molecular complexity index is 270. The predicted octanol–water partition coefficient (Wildman–Crippen LogP) is 3.25. The van der Waals surface area contributed by atoms with E-state index in [1.807, 2.05) is 6.92 Å². The molecule has 2 unspecified atom stereocenters. The zero-order valence-electron chi connectivity index (χ0n) is 12.2. The number of rotatable bonds is 10. The summed E-state index contributed by atoms with van der Waals surface area (Å²) in [5.74, 6) is 0.647. The first-order valence-electron chi connectivity index (χ1n) is 7.40. The molecule has 1 saturated carbocycles. The second-order valence-corrected chi connectivity index (χ2v) is 5.79. The normalized spacial score (nSPS) is 20.1. The molecule has 1 rings (SSSR count). The van der Waals surface area contributed by atoms with Crippen LogP contribution in [0.3, 0.4) is 0 Å². The van der Waals surface area contributed by atoms with Crippen LogP contribution in [0.25, 0.3) is 0 Å². The highest BCUT2D eigenvalue weighted by molar-refractivity contribution is 5.07. The van der Waals surface area contributed by atoms with E-state index < -0.39 is 5.54 Å². The molecule has 0 aromatic rings. The maximum absolute atomic E-state index is 9.23. The standard InChI is InChI=1S/C15H28N2O/c1-4-6-7-13(5-2)10-18-12-15(3,11-16)17-14-8-9-14/h13-14,17H,4-10,12H2,1-3H3. The van der Waals surface area contributed by atoms with Gasteiger partial charge in [-0.2, -0.15) is 5.26 Å². The van der Waals surface area contributed by atoms with Crippen molar-refractivity contribution in [1.82, 2.24) is 5.32 Å². The van der Waals surface area contributed by atoms with Gasteiger partial charge in [0.2, 0.25) is 0 Å². The molecule has 0 aromatic heterocycles. The Kier molecular flexibility index (Phi) is 6.67. The lowest BCUT2D eigenvalue weighted by Gasteiger charge is -2.24. The summed E-state index contributed by atoms with van der Waals surface area (Å²) in [5.41, 5.74) is -0.510. The second kappa shape index (κ2) is 7.76. The zero-order chi connectivity index (χ0) is 13.4. The highest BCUT2D eigenvalue weighted by Crippen LogP contribution is 2.22. The van der Waals surface area contributed by atoms with Crippen LogP contribution in [-0.2, 0) is 4.74 Å². The third kappa shape index (κ3) is 5.84. The van der Waals surface area contributed by atoms with Gasteiger partial charge in [0.25, 0.3) is 0 Å². The number of hydrogen-bond donors (Lipinski definition) is 1. The van der Waals surface area contributed by atoms with Gasteiger partial charge >= 0.3 is 0 Å². The molecule has 0 aliphatic heterocycles. The molecule has 18 heavy (non-hydrogen) atoms. The molecule has 1 fully saturated rings. The van der Waals surface area contributed by atoms with E-state index in [1.165, 1.54) is 38.5 Å². The molecule has 2 atom stereocenters. The van der Waals surface area contributed by atoms with E-state index in [-0.39, 0.29) is 0 Å². The molecule has 0 saturated heterocycles. The van der Waals surface area contributed by atoms with Gasteiger partial charge in [-0.3, -0.25) is 5.32 Å². The first-order chi connectivity index (χ1) is 8.63. The minimum atomic E-state index is -0.510. The van der Waals surface area contributed by atoms with Gasteiger partial charge in [0, 0.05) is 12.6 Å². The maximum Gasteiger partial charge on any atom is 0.127 e. The summed E-state index contributed by atoms with van der Waals surface area (Å²) in [5, 5.41) is 12.6. The largest absolute Gasteiger partial charge is 0.378 e. The lowest BCUT2D eigenvalue weighted by Crippen LogP contribution is -2.46. The summed E-state index contributed by atoms with van der Waals surface area (Å²) in [6.07, 6.45) is 7.33. The van der Waals surface area contributed by atoms with E-state index in [1.54, 1.807) is 0 Å². The molecular formula is C15H28N2O. The third-order valence-corrected chi connectivity index (χ3v) is 3.63. The molecule has 1 aliphatic carbocycles. The van der Waals surface area contributed by atoms with Crippen LogP contribution >= 0.6 is 0 Å². The van der Waals surface area contributed by atoms with Crippen LogP contribution in [0.15, 0.2) is 0 Å². The van der Waals surface area contributed by atoms with Crippen LogP contribution in [0.5, 0.6) is 0 Å². The van der Waals surface area contributed by atoms with Crippen LogP contribution < -0.4 is 5.32 Å². The van der Waals surface area contributed by atoms with E-state index in [0.29, 0.717) is 18.6 Å². The van der Waals surface area contributed by atoms with Gasteiger partial charge in [-0.15, -0.1) is 0 Å². The minimum absolute atomic E-state index is 0.503. The smallest absolute Gasteiger partial charge is 0.127 e. The molecule has 0 heterocycles. The van der Waals surface area contributed by atoms with Crippen molar-refractivity contribution >= 4 is 0 Å². The van der Waals surface area contributed by atoms with Crippen LogP contribution in [0.1, 0.15) is 59.3 Å². The minimum Gasteiger partial charge on any atom is -0.378 e. The van der Waals surface area contributed by atoms with Crippen LogP contribution in [0.4, 0.5) is 0 Å². The summed E-state index contributed by atoms with van der Waals surface area (Å²) in [7, 11) is 0. The van der Waals surface area contributed by atoms with Crippen LogP contribution in [0, 0.1) is 17.2 Å². The Balaban J connectivity index is 2.22. The number of nitrogens with one attached hydrogen (secondary N) is 1. The molecule has 0 bridgehead atoms. The Morgan fingerprint density at radius 2 is 2.17 bits per heavy atom. The van der Waals surface area contributed by atoms with Gasteiger partial charge in [-0.1, -0.05) is 33.1 Å². The Morgan fingerprint density at radius 1 is 1.44 bits per heavy atom. The van der Waals surface area contributed by atoms with Gasteiger partial charge < -0.3 is 4.74 Å². The highest BCUT2D eigenvalue weighted by Gasteiger charge is 2.32. The summed E-state index contributed by atoms with van der Waals surface area (Å²) < 4.78 is 5.78. The quantitative estimate of drug-likeness (QED) is 0.649. The summed E-state index contributed by atoms with van der Waals surface area (Å²) in [6.45, 7) is 7.68. The fourth-order valence-electron chi connectivity index (χ4n) is 2.11. The Hall–Kier alpha value is -0.590. The fourth-order valence-corrected chi connectivity index (χ4v) is 2.11. The molecule has 3 heteroatoms. The van der Waals surface area contributed by atoms with Crippen molar-refractivity contribution < 1.29 is 4.74 Å². The lowest BCUT2D eigenvalue weighted by molar-refractivity contribution is 0.0637. The first kappa shape index (κ1) is 15.5. The van der Waals surface area contributed by atoms with Crippen molar-refractivity contribution in [3.8, 4) is 6.07 Å². The Morgan fingerprint density at radius 3 is 2.67 bits per heavy atom. The molecule has 0 radical (unpaired) electrons. The lowest BCUT2D eigenvalue weighted by atomic mass is 10.0. The van der Waals surface area contributed by atoms with E-state index in [2.05, 4.69) is 25.2 Å². The van der Waals surface area contributed by atoms with Gasteiger partial charge in [-0.25, -0.2) is 0 Å². The van der Waals surface area contributed by atoms with E-state index in [4.69, 9.17) is 4.74 Å². The van der Waals surface area contributed by atoms with E-state index >= 15 is 0 Å². The van der Waals surface area contributed by atoms with Crippen molar-refractivity contribution in [3.05, 3.63) is 0 Å². The maximum atomic E-state index is 9.23. The zero-order valence-corrected chi connectivity index (χ0v) is 12.2. The van der Waals surface area contributed by atoms with Gasteiger partial charge in [0.05, 0.1) is 12.7 Å². The van der Waals surface area contributed by atoms with E-state index in [0.717, 1.165) is 6.61 Å². The number of ether oxygens (including phenoxy) is 1. The fraction of sp³-hybridized carbons (Fsp3) is 0.933. The van der Waals surface area contributed by atoms with Crippen LogP contribution in [0.2, 0.25) is 0 Å². The molecule has 1 aliphatic rings. The highest BCUT2D eigenvalue weighted by atomic mass is 16.5. The van der Waals surface area contributed by atoms with Crippen molar-refractivity contribution in [3.63, 3.8) is 0 Å². The monoisotopic (exact) mass is 252 g/mol. The summed E-state index contributed by atoms with van der Waals surface area (Å²) in [6, 6.07) is 2.89. The summed E-state index contributed by atoms with van der Waals surface area (Å²) in [4.78, 5) is 0. The molecule has 104 valence electrons. The number of nitrogens with zero attached hydrogens (tertiary/aromatic N) is 1. The molecule has 1 N–H and O–H groups in total. The van der Waals surface area contributed by atoms with Crippen molar-refractivity contribution in [2.45, 2.75) is 70.9 Å². The first-order valence-corrected chi connectivity index (χ1v) is 7.40. The van der Waals surface area contributed by atoms with Crippen LogP contribution in [-0.4, -0.2) is 24.8 Å². The summed E-state index contributed by atoms with van der Waals surface area (Å²) >= 11 is 0. The number of hydrogen-bond acceptors (Lipinski definition) is 3. The van der Waals surface area contributed by atoms with Gasteiger partial charge in [0.15, 0.2) is 0 Å². The van der Waals surface area contributed by atoms with Gasteiger partial charge in [-0.05, 0) is 32.1 Å². The SMILES string of the molecule is CCCCC(CC)COCC(C)(C#N)NC1CC1. The average Bonchev–Trinajstić information content (AvgIpc) is 3.17. The molecule has 0 spiro atoms. The molecule has 0 amide bonds. The Labute approximate surface area is 112 Å². The number of nitriles is 1. The third-order valence-electron chi connectivity index (χ3n) is 3.63. The molecule has 3 nitrogen and oxygen atoms in total. The van der Waals surface area contributed by atoms with Crippen molar-refractivity contribution in [2.75, 3.05) is 13.2 Å². The van der Waals surface area contributed by atoms with Gasteiger partial charge in [0.1, 0.15) is 5.54 Å². The average molecular weight is 252 g/mol. The predicted molar refractivity (Wildman–Crippen MR) is 74.3 cm³/mol. The van der Waals surface area contributed by atoms with Crippen molar-refractivity contribution in [2.24, 2.45) is 5.92 Å². The topological polar surface area (TPSA) is 45.0 Å². The second-order valence-electron chi connectivity index (χ2n) is 5.79.